The van der Waals surface area contributed by atoms with Gasteiger partial charge in [0.05, 0.1) is 22.3 Å². The lowest BCUT2D eigenvalue weighted by Gasteiger charge is -2.23. The normalized spacial score (nSPS) is 17.9. The molecule has 0 radical (unpaired) electrons. The molecule has 2 N–H and O–H groups in total. The lowest BCUT2D eigenvalue weighted by molar-refractivity contribution is 0.466. The van der Waals surface area contributed by atoms with Crippen LogP contribution in [0, 0.1) is 6.92 Å². The first-order chi connectivity index (χ1) is 18.5. The molecule has 0 spiro atoms. The standard InChI is InChI=1S/C29H31N5O3S/c1-19-9-12-23-20(18-38(35,36)22-10-11-22)5-2-7-24(23)27(19)37-28-25(8-4-15-31-28)26-13-16-32-29(34-26)33-21-6-3-14-30-17-21/h2,4-5,7-9,12-13,15-16,21-22,30H,3,6,10-11,14,17-18H2,1H3,(H,32,33,34)/t21-/m0/s1. The Morgan fingerprint density at radius 3 is 2.71 bits per heavy atom. The molecule has 196 valence electrons. The maximum Gasteiger partial charge on any atom is 0.228 e. The van der Waals surface area contributed by atoms with Crippen molar-refractivity contribution in [3.05, 3.63) is 72.1 Å². The average Bonchev–Trinajstić information content (AvgIpc) is 3.78. The number of hydrogen-bond acceptors (Lipinski definition) is 8. The number of piperidine rings is 1. The first-order valence-corrected chi connectivity index (χ1v) is 14.9. The summed E-state index contributed by atoms with van der Waals surface area (Å²) < 4.78 is 32.0. The van der Waals surface area contributed by atoms with Crippen LogP contribution in [0.25, 0.3) is 22.0 Å². The van der Waals surface area contributed by atoms with Crippen LogP contribution in [0.5, 0.6) is 11.6 Å². The first-order valence-electron chi connectivity index (χ1n) is 13.1. The highest BCUT2D eigenvalue weighted by molar-refractivity contribution is 7.91. The van der Waals surface area contributed by atoms with Crippen LogP contribution in [0.15, 0.2) is 60.9 Å². The van der Waals surface area contributed by atoms with Crippen LogP contribution in [0.3, 0.4) is 0 Å². The van der Waals surface area contributed by atoms with Crippen LogP contribution in [0.4, 0.5) is 5.95 Å². The smallest absolute Gasteiger partial charge is 0.228 e. The molecule has 2 aromatic carbocycles. The molecule has 1 saturated carbocycles. The summed E-state index contributed by atoms with van der Waals surface area (Å²) in [5, 5.41) is 8.38. The fourth-order valence-corrected chi connectivity index (χ4v) is 6.80. The van der Waals surface area contributed by atoms with E-state index in [0.717, 1.165) is 66.2 Å². The van der Waals surface area contributed by atoms with Gasteiger partial charge >= 0.3 is 0 Å². The second-order valence-electron chi connectivity index (χ2n) is 10.1. The molecule has 2 aliphatic rings. The predicted molar refractivity (Wildman–Crippen MR) is 149 cm³/mol. The van der Waals surface area contributed by atoms with Crippen molar-refractivity contribution >= 4 is 26.6 Å². The van der Waals surface area contributed by atoms with Gasteiger partial charge in [-0.3, -0.25) is 0 Å². The van der Waals surface area contributed by atoms with E-state index in [4.69, 9.17) is 9.72 Å². The van der Waals surface area contributed by atoms with Crippen LogP contribution >= 0.6 is 0 Å². The van der Waals surface area contributed by atoms with Crippen molar-refractivity contribution in [3.63, 3.8) is 0 Å². The van der Waals surface area contributed by atoms with Crippen LogP contribution in [-0.4, -0.2) is 47.8 Å². The number of nitrogens with zero attached hydrogens (tertiary/aromatic N) is 3. The molecule has 2 aromatic heterocycles. The number of aromatic nitrogens is 3. The van der Waals surface area contributed by atoms with Crippen LogP contribution in [0.1, 0.15) is 36.8 Å². The highest BCUT2D eigenvalue weighted by Crippen LogP contribution is 2.39. The average molecular weight is 530 g/mol. The maximum absolute atomic E-state index is 12.7. The van der Waals surface area contributed by atoms with Gasteiger partial charge in [0.1, 0.15) is 5.75 Å². The van der Waals surface area contributed by atoms with Gasteiger partial charge in [-0.2, -0.15) is 0 Å². The van der Waals surface area contributed by atoms with E-state index in [1.54, 1.807) is 12.4 Å². The molecule has 1 saturated heterocycles. The van der Waals surface area contributed by atoms with Crippen LogP contribution in [0.2, 0.25) is 0 Å². The van der Waals surface area contributed by atoms with Crippen molar-refractivity contribution in [1.29, 1.82) is 0 Å². The van der Waals surface area contributed by atoms with Gasteiger partial charge in [0, 0.05) is 30.4 Å². The second kappa shape index (κ2) is 10.3. The number of sulfone groups is 1. The topological polar surface area (TPSA) is 106 Å². The number of benzene rings is 2. The van der Waals surface area contributed by atoms with E-state index in [1.165, 1.54) is 0 Å². The summed E-state index contributed by atoms with van der Waals surface area (Å²) in [7, 11) is -3.15. The van der Waals surface area contributed by atoms with E-state index in [0.29, 0.717) is 29.3 Å². The van der Waals surface area contributed by atoms with E-state index < -0.39 is 9.84 Å². The van der Waals surface area contributed by atoms with E-state index >= 15 is 0 Å². The SMILES string of the molecule is Cc1ccc2c(CS(=O)(=O)C3CC3)cccc2c1Oc1ncccc1-c1ccnc(N[C@H]2CCCNC2)n1. The van der Waals surface area contributed by atoms with E-state index in [2.05, 4.69) is 20.6 Å². The summed E-state index contributed by atoms with van der Waals surface area (Å²) in [5.41, 5.74) is 3.20. The van der Waals surface area contributed by atoms with Gasteiger partial charge in [0.25, 0.3) is 0 Å². The number of anilines is 1. The Balaban J connectivity index is 1.33. The Morgan fingerprint density at radius 1 is 1.00 bits per heavy atom. The Hall–Kier alpha value is -3.56. The minimum absolute atomic E-state index is 0.0412. The summed E-state index contributed by atoms with van der Waals surface area (Å²) >= 11 is 0. The molecule has 1 atom stereocenters. The Morgan fingerprint density at radius 2 is 1.89 bits per heavy atom. The van der Waals surface area contributed by atoms with Gasteiger partial charge in [-0.15, -0.1) is 0 Å². The van der Waals surface area contributed by atoms with Gasteiger partial charge in [-0.05, 0) is 73.9 Å². The number of hydrogen-bond donors (Lipinski definition) is 2. The van der Waals surface area contributed by atoms with Crippen molar-refractivity contribution in [3.8, 4) is 22.9 Å². The monoisotopic (exact) mass is 529 g/mol. The third kappa shape index (κ3) is 5.21. The lowest BCUT2D eigenvalue weighted by atomic mass is 10.0. The van der Waals surface area contributed by atoms with Crippen LogP contribution < -0.4 is 15.4 Å². The molecule has 0 unspecified atom stereocenters. The number of fused-ring (bicyclic) bond motifs is 1. The Bertz CT molecular complexity index is 1580. The van der Waals surface area contributed by atoms with Crippen molar-refractivity contribution in [1.82, 2.24) is 20.3 Å². The third-order valence-electron chi connectivity index (χ3n) is 7.22. The van der Waals surface area contributed by atoms with E-state index in [9.17, 15) is 8.42 Å². The molecule has 2 fully saturated rings. The van der Waals surface area contributed by atoms with Crippen molar-refractivity contribution in [2.75, 3.05) is 18.4 Å². The zero-order chi connectivity index (χ0) is 26.1. The predicted octanol–water partition coefficient (Wildman–Crippen LogP) is 5.03. The molecule has 0 bridgehead atoms. The van der Waals surface area contributed by atoms with Gasteiger partial charge < -0.3 is 15.4 Å². The Kier molecular flexibility index (Phi) is 6.71. The molecular weight excluding hydrogens is 498 g/mol. The number of nitrogens with one attached hydrogen (secondary N) is 2. The van der Waals surface area contributed by atoms with Gasteiger partial charge in [-0.1, -0.05) is 30.3 Å². The third-order valence-corrected chi connectivity index (χ3v) is 9.42. The summed E-state index contributed by atoms with van der Waals surface area (Å²) in [5.74, 6) is 1.71. The van der Waals surface area contributed by atoms with E-state index in [1.807, 2.05) is 55.5 Å². The second-order valence-corrected chi connectivity index (χ2v) is 12.4. The van der Waals surface area contributed by atoms with Crippen LogP contribution in [-0.2, 0) is 15.6 Å². The first kappa shape index (κ1) is 24.8. The van der Waals surface area contributed by atoms with Gasteiger partial charge in [0.15, 0.2) is 9.84 Å². The van der Waals surface area contributed by atoms with E-state index in [-0.39, 0.29) is 11.0 Å². The molecule has 9 heteroatoms. The molecule has 3 heterocycles. The fraction of sp³-hybridized carbons (Fsp3) is 0.345. The lowest BCUT2D eigenvalue weighted by Crippen LogP contribution is -2.38. The molecule has 38 heavy (non-hydrogen) atoms. The van der Waals surface area contributed by atoms with Crippen molar-refractivity contribution in [2.24, 2.45) is 0 Å². The molecule has 0 amide bonds. The maximum atomic E-state index is 12.7. The Labute approximate surface area is 222 Å². The number of ether oxygens (including phenoxy) is 1. The number of aryl methyl sites for hydroxylation is 1. The quantitative estimate of drug-likeness (QED) is 0.327. The van der Waals surface area contributed by atoms with Gasteiger partial charge in [0.2, 0.25) is 11.8 Å². The summed E-state index contributed by atoms with van der Waals surface area (Å²) in [4.78, 5) is 13.7. The largest absolute Gasteiger partial charge is 0.437 e. The molecule has 1 aliphatic heterocycles. The molecule has 1 aliphatic carbocycles. The molecule has 8 nitrogen and oxygen atoms in total. The molecular formula is C29H31N5O3S. The summed E-state index contributed by atoms with van der Waals surface area (Å²) in [6.45, 7) is 3.91. The zero-order valence-corrected chi connectivity index (χ0v) is 22.2. The minimum atomic E-state index is -3.15. The minimum Gasteiger partial charge on any atom is -0.437 e. The number of rotatable bonds is 8. The fourth-order valence-electron chi connectivity index (χ4n) is 5.03. The highest BCUT2D eigenvalue weighted by atomic mass is 32.2. The van der Waals surface area contributed by atoms with Crippen molar-refractivity contribution in [2.45, 2.75) is 49.7 Å². The summed E-state index contributed by atoms with van der Waals surface area (Å²) in [6.07, 6.45) is 7.17. The van der Waals surface area contributed by atoms with Crippen molar-refractivity contribution < 1.29 is 13.2 Å². The molecule has 4 aromatic rings. The summed E-state index contributed by atoms with van der Waals surface area (Å²) in [6, 6.07) is 15.7. The highest BCUT2D eigenvalue weighted by Gasteiger charge is 2.35. The van der Waals surface area contributed by atoms with Gasteiger partial charge in [-0.25, -0.2) is 23.4 Å². The zero-order valence-electron chi connectivity index (χ0n) is 21.4. The number of pyridine rings is 1. The molecule has 6 rings (SSSR count).